The van der Waals surface area contributed by atoms with Crippen LogP contribution in [0.4, 0.5) is 21.6 Å². The second-order valence-electron chi connectivity index (χ2n) is 20.1. The molecule has 2 saturated carbocycles. The van der Waals surface area contributed by atoms with Gasteiger partial charge in [0.25, 0.3) is 21.8 Å². The van der Waals surface area contributed by atoms with Crippen LogP contribution in [0.2, 0.25) is 0 Å². The lowest BCUT2D eigenvalue weighted by atomic mass is 9.59. The van der Waals surface area contributed by atoms with Gasteiger partial charge in [-0.3, -0.25) is 24.6 Å². The van der Waals surface area contributed by atoms with E-state index < -0.39 is 52.6 Å². The van der Waals surface area contributed by atoms with Crippen molar-refractivity contribution in [3.63, 3.8) is 0 Å². The minimum atomic E-state index is -4.75. The minimum absolute atomic E-state index is 0.0330. The molecule has 1 spiro atoms. The van der Waals surface area contributed by atoms with E-state index in [1.165, 1.54) is 24.8 Å². The predicted molar refractivity (Wildman–Crippen MR) is 263 cm³/mol. The van der Waals surface area contributed by atoms with Crippen LogP contribution >= 0.6 is 0 Å². The number of hydrogen-bond donors (Lipinski definition) is 5. The van der Waals surface area contributed by atoms with Gasteiger partial charge >= 0.3 is 5.69 Å². The van der Waals surface area contributed by atoms with Crippen molar-refractivity contribution in [2.75, 3.05) is 55.0 Å². The SMILES string of the molecule is COc1nc2[nH]cc(F)c2cc1Oc1cc(N2CCC3(CC2)CC(N2CCS(=N)(=O)C[C@H]2c2ccccc2C(C)C)C3)ccc1C(=O)NS(=O)(=O)c1cnc(NCC2CCC(C)(O)CC2)c([N+](=O)[O-])c1. The third-order valence-electron chi connectivity index (χ3n) is 15.0. The zero-order valence-electron chi connectivity index (χ0n) is 39.7. The highest BCUT2D eigenvalue weighted by atomic mass is 32.2. The Balaban J connectivity index is 0.934. The van der Waals surface area contributed by atoms with Gasteiger partial charge < -0.3 is 29.8 Å². The van der Waals surface area contributed by atoms with Crippen LogP contribution in [-0.4, -0.2) is 105 Å². The van der Waals surface area contributed by atoms with Crippen LogP contribution in [-0.2, 0) is 19.8 Å². The van der Waals surface area contributed by atoms with Crippen LogP contribution in [0.3, 0.4) is 0 Å². The Morgan fingerprint density at radius 1 is 1.09 bits per heavy atom. The molecule has 2 aliphatic carbocycles. The van der Waals surface area contributed by atoms with Crippen LogP contribution in [0.25, 0.3) is 11.0 Å². The van der Waals surface area contributed by atoms with Crippen molar-refractivity contribution in [2.24, 2.45) is 11.3 Å². The van der Waals surface area contributed by atoms with Gasteiger partial charge in [0.1, 0.15) is 22.1 Å². The number of nitrogens with zero attached hydrogens (tertiary/aromatic N) is 5. The molecule has 3 aromatic heterocycles. The van der Waals surface area contributed by atoms with E-state index in [0.29, 0.717) is 81.0 Å². The van der Waals surface area contributed by atoms with E-state index in [1.807, 2.05) is 16.9 Å². The Bertz CT molecular complexity index is 3030. The number of fused-ring (bicyclic) bond motifs is 1. The molecule has 2 atom stereocenters. The number of hydrogen-bond acceptors (Lipinski definition) is 15. The molecule has 18 nitrogen and oxygen atoms in total. The van der Waals surface area contributed by atoms with Crippen molar-refractivity contribution in [3.05, 3.63) is 99.6 Å². The highest BCUT2D eigenvalue weighted by Gasteiger charge is 2.50. The average molecular weight is 1000 g/mol. The molecule has 2 saturated heterocycles. The number of ether oxygens (including phenoxy) is 2. The lowest BCUT2D eigenvalue weighted by molar-refractivity contribution is -0.384. The molecular weight excluding hydrogens is 942 g/mol. The minimum Gasteiger partial charge on any atom is -0.478 e. The number of nitro groups is 1. The average Bonchev–Trinajstić information content (AvgIpc) is 3.68. The number of sulfonamides is 1. The summed E-state index contributed by atoms with van der Waals surface area (Å²) in [4.78, 5) is 40.7. The number of nitrogens with one attached hydrogen (secondary N) is 4. The van der Waals surface area contributed by atoms with E-state index in [0.717, 1.165) is 49.7 Å². The molecule has 2 aromatic carbocycles. The van der Waals surface area contributed by atoms with Crippen LogP contribution < -0.4 is 24.4 Å². The number of aliphatic hydroxyl groups is 1. The molecule has 0 radical (unpaired) electrons. The summed E-state index contributed by atoms with van der Waals surface area (Å²) < 4.78 is 78.1. The fourth-order valence-electron chi connectivity index (χ4n) is 10.8. The smallest absolute Gasteiger partial charge is 0.312 e. The van der Waals surface area contributed by atoms with Crippen molar-refractivity contribution >= 4 is 53.9 Å². The molecule has 5 aromatic rings. The van der Waals surface area contributed by atoms with Gasteiger partial charge in [0.05, 0.1) is 40.5 Å². The number of amides is 1. The van der Waals surface area contributed by atoms with E-state index >= 15 is 0 Å². The molecule has 2 aliphatic heterocycles. The Hall–Kier alpha value is -5.90. The number of halogens is 1. The van der Waals surface area contributed by atoms with E-state index in [4.69, 9.17) is 14.3 Å². The number of H-pyrrole nitrogens is 1. The summed E-state index contributed by atoms with van der Waals surface area (Å²) in [6.45, 7) is 8.41. The number of benzene rings is 2. The zero-order valence-corrected chi connectivity index (χ0v) is 41.3. The van der Waals surface area contributed by atoms with Gasteiger partial charge in [-0.05, 0) is 98.8 Å². The molecule has 5 N–H and O–H groups in total. The fraction of sp³-hybridized carbons (Fsp3) is 0.490. The molecule has 0 bridgehead atoms. The molecule has 4 fully saturated rings. The van der Waals surface area contributed by atoms with Crippen molar-refractivity contribution in [1.29, 1.82) is 4.78 Å². The first-order valence-electron chi connectivity index (χ1n) is 23.8. The molecule has 5 heterocycles. The van der Waals surface area contributed by atoms with E-state index in [1.54, 1.807) is 19.1 Å². The van der Waals surface area contributed by atoms with E-state index in [-0.39, 0.29) is 57.2 Å². The first-order chi connectivity index (χ1) is 33.2. The summed E-state index contributed by atoms with van der Waals surface area (Å²) in [5, 5.41) is 25.5. The molecule has 21 heteroatoms. The number of pyridine rings is 2. The number of carbonyl (C=O) groups is 1. The monoisotopic (exact) mass is 1000 g/mol. The zero-order chi connectivity index (χ0) is 49.8. The highest BCUT2D eigenvalue weighted by molar-refractivity contribution is 7.92. The summed E-state index contributed by atoms with van der Waals surface area (Å²) in [5.41, 5.74) is 1.81. The van der Waals surface area contributed by atoms with Crippen molar-refractivity contribution in [1.82, 2.24) is 24.6 Å². The van der Waals surface area contributed by atoms with Gasteiger partial charge in [-0.15, -0.1) is 0 Å². The third-order valence-corrected chi connectivity index (χ3v) is 18.0. The van der Waals surface area contributed by atoms with Crippen molar-refractivity contribution in [3.8, 4) is 17.4 Å². The number of rotatable bonds is 14. The van der Waals surface area contributed by atoms with Gasteiger partial charge in [0, 0.05) is 83.8 Å². The number of aromatic nitrogens is 3. The number of aromatic amines is 1. The van der Waals surface area contributed by atoms with Crippen LogP contribution in [0.1, 0.15) is 106 Å². The Morgan fingerprint density at radius 2 is 1.81 bits per heavy atom. The standard InChI is InChI=1S/C49H60FN9O9S2/c1-30(2)35-7-5-6-8-36(35)41-29-69(51,64)20-19-58(41)33-24-49(25-33)15-17-57(18-16-49)32-9-10-37(42(21-32)68-43-23-38-39(50)28-54-44(38)55-47(43)67-4)46(60)56-70(65,66)34-22-40(59(62)63)45(53-27-34)52-26-31-11-13-48(3,61)14-12-31/h5-10,21-23,27-28,30-31,33,41,51,61H,11-20,24-26,29H2,1-4H3,(H,52,53)(H,54,55)(H,56,60)/t31?,41-,48?,69?/m0/s1. The number of methoxy groups -OCH3 is 1. The lowest BCUT2D eigenvalue weighted by Crippen LogP contribution is -2.58. The molecule has 70 heavy (non-hydrogen) atoms. The Kier molecular flexibility index (Phi) is 13.3. The number of carbonyl (C=O) groups excluding carboxylic acids is 1. The topological polar surface area (TPSA) is 246 Å². The van der Waals surface area contributed by atoms with Crippen LogP contribution in [0, 0.1) is 32.0 Å². The molecular formula is C49H60FN9O9S2. The molecule has 374 valence electrons. The maximum atomic E-state index is 14.8. The fourth-order valence-corrected chi connectivity index (χ4v) is 13.3. The normalized spacial score (nSPS) is 24.1. The molecule has 4 aliphatic rings. The highest BCUT2D eigenvalue weighted by Crippen LogP contribution is 2.53. The van der Waals surface area contributed by atoms with Gasteiger partial charge in [-0.1, -0.05) is 38.1 Å². The first-order valence-corrected chi connectivity index (χ1v) is 27.2. The van der Waals surface area contributed by atoms with E-state index in [9.17, 15) is 37.0 Å². The maximum absolute atomic E-state index is 14.8. The summed E-state index contributed by atoms with van der Waals surface area (Å²) in [6.07, 6.45) is 8.39. The summed E-state index contributed by atoms with van der Waals surface area (Å²) in [7, 11) is -6.10. The second-order valence-corrected chi connectivity index (χ2v) is 24.2. The largest absolute Gasteiger partial charge is 0.478 e. The van der Waals surface area contributed by atoms with Crippen molar-refractivity contribution in [2.45, 2.75) is 101 Å². The number of piperidine rings is 1. The molecule has 1 unspecified atom stereocenters. The summed E-state index contributed by atoms with van der Waals surface area (Å²) in [5.74, 6) is -0.889. The third kappa shape index (κ3) is 10.2. The van der Waals surface area contributed by atoms with Crippen LogP contribution in [0.5, 0.6) is 17.4 Å². The summed E-state index contributed by atoms with van der Waals surface area (Å²) in [6, 6.07) is 15.5. The van der Waals surface area contributed by atoms with E-state index in [2.05, 4.69) is 56.0 Å². The van der Waals surface area contributed by atoms with Gasteiger partial charge in [0.2, 0.25) is 5.82 Å². The van der Waals surface area contributed by atoms with Gasteiger partial charge in [-0.25, -0.2) is 26.7 Å². The quantitative estimate of drug-likeness (QED) is 0.0520. The Morgan fingerprint density at radius 3 is 2.51 bits per heavy atom. The number of anilines is 2. The summed E-state index contributed by atoms with van der Waals surface area (Å²) >= 11 is 0. The van der Waals surface area contributed by atoms with Crippen LogP contribution in [0.15, 0.2) is 71.9 Å². The lowest BCUT2D eigenvalue weighted by Gasteiger charge is -2.57. The molecule has 1 amide bonds. The second kappa shape index (κ2) is 19.0. The Labute approximate surface area is 406 Å². The molecule has 9 rings (SSSR count). The van der Waals surface area contributed by atoms with Gasteiger partial charge in [0.15, 0.2) is 5.75 Å². The van der Waals surface area contributed by atoms with Crippen molar-refractivity contribution < 1.29 is 41.3 Å². The first kappa shape index (κ1) is 49.1. The maximum Gasteiger partial charge on any atom is 0.312 e. The van der Waals surface area contributed by atoms with Gasteiger partial charge in [-0.2, -0.15) is 4.98 Å². The predicted octanol–water partition coefficient (Wildman–Crippen LogP) is 8.25.